The molecule has 0 aromatic heterocycles. The maximum atomic E-state index is 8.67. The van der Waals surface area contributed by atoms with Crippen LogP contribution in [0, 0.1) is 0 Å². The molecule has 0 saturated carbocycles. The van der Waals surface area contributed by atoms with Crippen molar-refractivity contribution < 1.29 is 9.94 Å². The zero-order valence-corrected chi connectivity index (χ0v) is 12.1. The molecule has 0 saturated heterocycles. The fourth-order valence-electron chi connectivity index (χ4n) is 1.63. The van der Waals surface area contributed by atoms with Crippen molar-refractivity contribution in [1.82, 2.24) is 0 Å². The predicted molar refractivity (Wildman–Crippen MR) is 76.4 cm³/mol. The molecule has 6 heteroatoms. The van der Waals surface area contributed by atoms with E-state index >= 15 is 0 Å². The van der Waals surface area contributed by atoms with Crippen LogP contribution in [-0.2, 0) is 4.74 Å². The molecule has 18 heavy (non-hydrogen) atoms. The smallest absolute Gasteiger partial charge is 0.171 e. The van der Waals surface area contributed by atoms with Gasteiger partial charge < -0.3 is 20.6 Å². The standard InChI is InChI=1S/C12H18BrN3O2/c1-3-16(6-7-18-2)9-4-5-10(11(13)8-9)12(14)15-17/h4-5,8,17H,3,6-7H2,1-2H3,(H2,14,15). The van der Waals surface area contributed by atoms with Crippen LogP contribution in [0.5, 0.6) is 0 Å². The molecular formula is C12H18BrN3O2. The van der Waals surface area contributed by atoms with Crippen LogP contribution in [0.25, 0.3) is 0 Å². The molecule has 1 aromatic rings. The Morgan fingerprint density at radius 1 is 1.56 bits per heavy atom. The molecule has 0 aliphatic rings. The van der Waals surface area contributed by atoms with Crippen molar-refractivity contribution in [1.29, 1.82) is 0 Å². The van der Waals surface area contributed by atoms with Crippen LogP contribution in [-0.4, -0.2) is 37.8 Å². The van der Waals surface area contributed by atoms with Crippen LogP contribution in [0.1, 0.15) is 12.5 Å². The molecule has 0 bridgehead atoms. The zero-order chi connectivity index (χ0) is 13.5. The van der Waals surface area contributed by atoms with Crippen molar-refractivity contribution in [2.24, 2.45) is 10.9 Å². The Labute approximate surface area is 115 Å². The van der Waals surface area contributed by atoms with Gasteiger partial charge in [0.25, 0.3) is 0 Å². The summed E-state index contributed by atoms with van der Waals surface area (Å²) in [6.45, 7) is 4.47. The molecule has 3 N–H and O–H groups in total. The van der Waals surface area contributed by atoms with Gasteiger partial charge in [-0.1, -0.05) is 5.16 Å². The van der Waals surface area contributed by atoms with Gasteiger partial charge in [-0.25, -0.2) is 0 Å². The van der Waals surface area contributed by atoms with Gasteiger partial charge in [0.1, 0.15) is 0 Å². The third-order valence-electron chi connectivity index (χ3n) is 2.65. The van der Waals surface area contributed by atoms with E-state index in [-0.39, 0.29) is 5.84 Å². The zero-order valence-electron chi connectivity index (χ0n) is 10.6. The fraction of sp³-hybridized carbons (Fsp3) is 0.417. The molecule has 0 heterocycles. The summed E-state index contributed by atoms with van der Waals surface area (Å²) in [7, 11) is 1.69. The average molecular weight is 316 g/mol. The number of ether oxygens (including phenoxy) is 1. The van der Waals surface area contributed by atoms with Crippen molar-refractivity contribution in [3.63, 3.8) is 0 Å². The first-order chi connectivity index (χ1) is 8.63. The van der Waals surface area contributed by atoms with E-state index in [4.69, 9.17) is 15.7 Å². The van der Waals surface area contributed by atoms with Crippen LogP contribution >= 0.6 is 15.9 Å². The summed E-state index contributed by atoms with van der Waals surface area (Å²) in [6, 6.07) is 5.72. The number of anilines is 1. The first-order valence-corrected chi connectivity index (χ1v) is 6.44. The Balaban J connectivity index is 2.95. The number of oxime groups is 1. The van der Waals surface area contributed by atoms with E-state index in [0.29, 0.717) is 12.2 Å². The van der Waals surface area contributed by atoms with Crippen molar-refractivity contribution in [3.8, 4) is 0 Å². The highest BCUT2D eigenvalue weighted by molar-refractivity contribution is 9.10. The van der Waals surface area contributed by atoms with E-state index in [1.165, 1.54) is 0 Å². The van der Waals surface area contributed by atoms with Gasteiger partial charge in [0.15, 0.2) is 5.84 Å². The van der Waals surface area contributed by atoms with Gasteiger partial charge in [-0.05, 0) is 41.1 Å². The van der Waals surface area contributed by atoms with Crippen molar-refractivity contribution in [3.05, 3.63) is 28.2 Å². The number of benzene rings is 1. The largest absolute Gasteiger partial charge is 0.409 e. The Bertz CT molecular complexity index is 424. The molecule has 1 aromatic carbocycles. The Morgan fingerprint density at radius 2 is 2.28 bits per heavy atom. The second kappa shape index (κ2) is 7.23. The first-order valence-electron chi connectivity index (χ1n) is 5.65. The van der Waals surface area contributed by atoms with Crippen molar-refractivity contribution in [2.75, 3.05) is 31.7 Å². The summed E-state index contributed by atoms with van der Waals surface area (Å²) in [5.74, 6) is 0.0911. The third kappa shape index (κ3) is 3.61. The van der Waals surface area contributed by atoms with Crippen molar-refractivity contribution >= 4 is 27.5 Å². The molecule has 0 radical (unpaired) electrons. The topological polar surface area (TPSA) is 71.1 Å². The predicted octanol–water partition coefficient (Wildman–Crippen LogP) is 2.02. The van der Waals surface area contributed by atoms with Gasteiger partial charge in [-0.15, -0.1) is 0 Å². The second-order valence-corrected chi connectivity index (χ2v) is 4.58. The van der Waals surface area contributed by atoms with Gasteiger partial charge in [0.05, 0.1) is 6.61 Å². The third-order valence-corrected chi connectivity index (χ3v) is 3.30. The maximum Gasteiger partial charge on any atom is 0.171 e. The molecule has 0 atom stereocenters. The number of nitrogens with two attached hydrogens (primary N) is 1. The van der Waals surface area contributed by atoms with Gasteiger partial charge in [0, 0.05) is 35.9 Å². The van der Waals surface area contributed by atoms with E-state index in [0.717, 1.165) is 23.2 Å². The summed E-state index contributed by atoms with van der Waals surface area (Å²) in [6.07, 6.45) is 0. The van der Waals surface area contributed by atoms with Gasteiger partial charge >= 0.3 is 0 Å². The number of hydrogen-bond acceptors (Lipinski definition) is 4. The molecule has 0 spiro atoms. The van der Waals surface area contributed by atoms with Gasteiger partial charge in [0.2, 0.25) is 0 Å². The van der Waals surface area contributed by atoms with Crippen LogP contribution in [0.2, 0.25) is 0 Å². The van der Waals surface area contributed by atoms with Gasteiger partial charge in [-0.2, -0.15) is 0 Å². The fourth-order valence-corrected chi connectivity index (χ4v) is 2.20. The van der Waals surface area contributed by atoms with Gasteiger partial charge in [-0.3, -0.25) is 0 Å². The lowest BCUT2D eigenvalue weighted by molar-refractivity contribution is 0.205. The number of rotatable bonds is 6. The molecule has 5 nitrogen and oxygen atoms in total. The molecular weight excluding hydrogens is 298 g/mol. The number of amidine groups is 1. The minimum absolute atomic E-state index is 0.0911. The minimum atomic E-state index is 0.0911. The van der Waals surface area contributed by atoms with E-state index in [1.807, 2.05) is 18.2 Å². The lowest BCUT2D eigenvalue weighted by atomic mass is 10.2. The average Bonchev–Trinajstić information content (AvgIpc) is 2.39. The maximum absolute atomic E-state index is 8.67. The van der Waals surface area contributed by atoms with E-state index in [1.54, 1.807) is 7.11 Å². The SMILES string of the molecule is CCN(CCOC)c1ccc(/C(N)=N/O)c(Br)c1. The lowest BCUT2D eigenvalue weighted by Crippen LogP contribution is -2.27. The van der Waals surface area contributed by atoms with Crippen LogP contribution in [0.4, 0.5) is 5.69 Å². The second-order valence-electron chi connectivity index (χ2n) is 3.72. The molecule has 100 valence electrons. The van der Waals surface area contributed by atoms with Crippen LogP contribution in [0.15, 0.2) is 27.8 Å². The first kappa shape index (κ1) is 14.8. The quantitative estimate of drug-likeness (QED) is 0.364. The number of methoxy groups -OCH3 is 1. The number of nitrogens with zero attached hydrogens (tertiary/aromatic N) is 2. The molecule has 1 rings (SSSR count). The summed E-state index contributed by atoms with van der Waals surface area (Å²) < 4.78 is 5.88. The van der Waals surface area contributed by atoms with Crippen LogP contribution < -0.4 is 10.6 Å². The molecule has 0 aliphatic heterocycles. The number of hydrogen-bond donors (Lipinski definition) is 2. The summed E-state index contributed by atoms with van der Waals surface area (Å²) in [5, 5.41) is 11.7. The summed E-state index contributed by atoms with van der Waals surface area (Å²) >= 11 is 3.42. The Morgan fingerprint density at radius 3 is 2.78 bits per heavy atom. The summed E-state index contributed by atoms with van der Waals surface area (Å²) in [5.41, 5.74) is 7.31. The normalized spacial score (nSPS) is 11.6. The highest BCUT2D eigenvalue weighted by Crippen LogP contribution is 2.24. The molecule has 0 aliphatic carbocycles. The monoisotopic (exact) mass is 315 g/mol. The van der Waals surface area contributed by atoms with E-state index < -0.39 is 0 Å². The van der Waals surface area contributed by atoms with E-state index in [9.17, 15) is 0 Å². The van der Waals surface area contributed by atoms with E-state index in [2.05, 4.69) is 32.9 Å². The number of likely N-dealkylation sites (N-methyl/N-ethyl adjacent to an activating group) is 1. The lowest BCUT2D eigenvalue weighted by Gasteiger charge is -2.23. The van der Waals surface area contributed by atoms with Crippen molar-refractivity contribution in [2.45, 2.75) is 6.92 Å². The molecule has 0 fully saturated rings. The number of halogens is 1. The Hall–Kier alpha value is -1.27. The molecule has 0 unspecified atom stereocenters. The minimum Gasteiger partial charge on any atom is -0.409 e. The Kier molecular flexibility index (Phi) is 5.94. The summed E-state index contributed by atoms with van der Waals surface area (Å²) in [4.78, 5) is 2.18. The highest BCUT2D eigenvalue weighted by Gasteiger charge is 2.09. The molecule has 0 amide bonds. The van der Waals surface area contributed by atoms with Crippen LogP contribution in [0.3, 0.4) is 0 Å². The highest BCUT2D eigenvalue weighted by atomic mass is 79.9.